The number of nitrogens with zero attached hydrogens (tertiary/aromatic N) is 2. The van der Waals surface area contributed by atoms with Crippen molar-refractivity contribution in [2.75, 3.05) is 19.8 Å². The molecule has 5 nitrogen and oxygen atoms in total. The first kappa shape index (κ1) is 22.5. The first-order chi connectivity index (χ1) is 14.6. The molecule has 3 heterocycles. The second kappa shape index (κ2) is 8.35. The van der Waals surface area contributed by atoms with Crippen molar-refractivity contribution < 1.29 is 22.7 Å². The number of aromatic nitrogens is 1. The van der Waals surface area contributed by atoms with E-state index >= 15 is 0 Å². The topological polar surface area (TPSA) is 54.5 Å². The van der Waals surface area contributed by atoms with Gasteiger partial charge in [0.2, 0.25) is 5.91 Å². The number of ether oxygens (including phenoxy) is 1. The fourth-order valence-electron chi connectivity index (χ4n) is 5.43. The number of carbonyl (C=O) groups is 1. The van der Waals surface area contributed by atoms with E-state index in [1.807, 2.05) is 0 Å². The van der Waals surface area contributed by atoms with E-state index in [2.05, 4.69) is 31.1 Å². The summed E-state index contributed by atoms with van der Waals surface area (Å²) in [7, 11) is 0. The van der Waals surface area contributed by atoms with Gasteiger partial charge in [-0.25, -0.2) is 0 Å². The van der Waals surface area contributed by atoms with Gasteiger partial charge in [-0.2, -0.15) is 13.2 Å². The standard InChI is InChI=1S/C23H32F3N3O2/c1-14(2)22(6-4-18(9-22)28-20-13-31-12-15(20)3)21(30)29-7-5-19-16(11-29)8-17(10-27-19)23(24,25)26/h8,10,14-15,18,20,28H,4-7,9,11-13H2,1-3H3/t15?,18-,20?,22+/m1/s1. The Bertz CT molecular complexity index is 829. The molecule has 2 unspecified atom stereocenters. The summed E-state index contributed by atoms with van der Waals surface area (Å²) in [6.45, 7) is 8.52. The zero-order valence-corrected chi connectivity index (χ0v) is 18.5. The summed E-state index contributed by atoms with van der Waals surface area (Å²) in [5.41, 5.74) is -0.0562. The molecule has 1 N–H and O–H groups in total. The van der Waals surface area contributed by atoms with Crippen molar-refractivity contribution in [3.8, 4) is 0 Å². The summed E-state index contributed by atoms with van der Waals surface area (Å²) in [6.07, 6.45) is -0.556. The fourth-order valence-corrected chi connectivity index (χ4v) is 5.43. The van der Waals surface area contributed by atoms with Crippen molar-refractivity contribution in [1.29, 1.82) is 0 Å². The molecule has 2 aliphatic heterocycles. The van der Waals surface area contributed by atoms with E-state index in [1.54, 1.807) is 4.90 Å². The largest absolute Gasteiger partial charge is 0.417 e. The zero-order valence-electron chi connectivity index (χ0n) is 18.5. The number of fused-ring (bicyclic) bond motifs is 1. The quantitative estimate of drug-likeness (QED) is 0.775. The van der Waals surface area contributed by atoms with Crippen LogP contribution in [-0.4, -0.2) is 47.6 Å². The zero-order chi connectivity index (χ0) is 22.4. The van der Waals surface area contributed by atoms with Crippen LogP contribution in [0.25, 0.3) is 0 Å². The van der Waals surface area contributed by atoms with Crippen LogP contribution in [0.15, 0.2) is 12.3 Å². The minimum absolute atomic E-state index is 0.0746. The Labute approximate surface area is 181 Å². The van der Waals surface area contributed by atoms with E-state index in [-0.39, 0.29) is 24.4 Å². The van der Waals surface area contributed by atoms with Crippen molar-refractivity contribution >= 4 is 5.91 Å². The predicted molar refractivity (Wildman–Crippen MR) is 110 cm³/mol. The van der Waals surface area contributed by atoms with Gasteiger partial charge in [-0.05, 0) is 42.7 Å². The minimum atomic E-state index is -4.43. The molecular weight excluding hydrogens is 407 g/mol. The van der Waals surface area contributed by atoms with Gasteiger partial charge in [0.15, 0.2) is 0 Å². The molecule has 0 bridgehead atoms. The molecule has 2 fully saturated rings. The summed E-state index contributed by atoms with van der Waals surface area (Å²) >= 11 is 0. The lowest BCUT2D eigenvalue weighted by atomic mass is 9.74. The highest BCUT2D eigenvalue weighted by Crippen LogP contribution is 2.47. The number of pyridine rings is 1. The molecule has 1 aliphatic carbocycles. The molecule has 0 spiro atoms. The van der Waals surface area contributed by atoms with Crippen molar-refractivity contribution in [2.45, 2.75) is 71.3 Å². The third-order valence-corrected chi connectivity index (χ3v) is 7.55. The molecule has 3 aliphatic rings. The van der Waals surface area contributed by atoms with Gasteiger partial charge in [-0.15, -0.1) is 0 Å². The summed E-state index contributed by atoms with van der Waals surface area (Å²) in [5.74, 6) is 0.689. The maximum atomic E-state index is 13.7. The number of nitrogens with one attached hydrogen (secondary N) is 1. The van der Waals surface area contributed by atoms with Crippen LogP contribution in [0, 0.1) is 17.3 Å². The molecule has 0 aromatic carbocycles. The molecule has 4 atom stereocenters. The minimum Gasteiger partial charge on any atom is -0.379 e. The molecule has 4 rings (SSSR count). The predicted octanol–water partition coefficient (Wildman–Crippen LogP) is 3.80. The number of amides is 1. The molecule has 0 radical (unpaired) electrons. The van der Waals surface area contributed by atoms with Crippen molar-refractivity contribution in [3.63, 3.8) is 0 Å². The normalized spacial score (nSPS) is 31.3. The molecular formula is C23H32F3N3O2. The smallest absolute Gasteiger partial charge is 0.379 e. The average Bonchev–Trinajstić information content (AvgIpc) is 3.33. The van der Waals surface area contributed by atoms with Gasteiger partial charge in [-0.3, -0.25) is 9.78 Å². The van der Waals surface area contributed by atoms with Crippen LogP contribution < -0.4 is 5.32 Å². The van der Waals surface area contributed by atoms with E-state index in [0.717, 1.165) is 38.1 Å². The Morgan fingerprint density at radius 1 is 1.35 bits per heavy atom. The Morgan fingerprint density at radius 3 is 2.77 bits per heavy atom. The molecule has 1 saturated carbocycles. The highest BCUT2D eigenvalue weighted by molar-refractivity contribution is 5.83. The molecule has 1 saturated heterocycles. The van der Waals surface area contributed by atoms with Gasteiger partial charge < -0.3 is 15.0 Å². The number of hydrogen-bond acceptors (Lipinski definition) is 4. The van der Waals surface area contributed by atoms with Crippen molar-refractivity contribution in [1.82, 2.24) is 15.2 Å². The highest BCUT2D eigenvalue weighted by Gasteiger charge is 2.50. The Kier molecular flexibility index (Phi) is 6.07. The van der Waals surface area contributed by atoms with Gasteiger partial charge in [0.1, 0.15) is 0 Å². The van der Waals surface area contributed by atoms with E-state index in [9.17, 15) is 18.0 Å². The van der Waals surface area contributed by atoms with Gasteiger partial charge in [-0.1, -0.05) is 20.8 Å². The third kappa shape index (κ3) is 4.33. The molecule has 1 amide bonds. The lowest BCUT2D eigenvalue weighted by Gasteiger charge is -2.39. The molecule has 1 aromatic rings. The van der Waals surface area contributed by atoms with Crippen LogP contribution in [0.1, 0.15) is 56.9 Å². The van der Waals surface area contributed by atoms with Crippen molar-refractivity contribution in [3.05, 3.63) is 29.1 Å². The number of halogens is 3. The number of carbonyl (C=O) groups excluding carboxylic acids is 1. The SMILES string of the molecule is CC1COCC1N[C@@H]1CC[C@@](C(=O)N2CCc3ncc(C(F)(F)F)cc3C2)(C(C)C)C1. The average molecular weight is 440 g/mol. The Morgan fingerprint density at radius 2 is 2.13 bits per heavy atom. The van der Waals surface area contributed by atoms with Gasteiger partial charge in [0.05, 0.1) is 24.2 Å². The lowest BCUT2D eigenvalue weighted by Crippen LogP contribution is -2.49. The third-order valence-electron chi connectivity index (χ3n) is 7.55. The van der Waals surface area contributed by atoms with E-state index in [1.165, 1.54) is 0 Å². The second-order valence-corrected chi connectivity index (χ2v) is 9.84. The monoisotopic (exact) mass is 439 g/mol. The van der Waals surface area contributed by atoms with E-state index < -0.39 is 17.2 Å². The van der Waals surface area contributed by atoms with E-state index in [0.29, 0.717) is 42.8 Å². The second-order valence-electron chi connectivity index (χ2n) is 9.84. The first-order valence-corrected chi connectivity index (χ1v) is 11.3. The molecule has 31 heavy (non-hydrogen) atoms. The number of alkyl halides is 3. The van der Waals surface area contributed by atoms with Gasteiger partial charge >= 0.3 is 6.18 Å². The highest BCUT2D eigenvalue weighted by atomic mass is 19.4. The lowest BCUT2D eigenvalue weighted by molar-refractivity contribution is -0.145. The summed E-state index contributed by atoms with van der Waals surface area (Å²) in [5, 5.41) is 3.70. The molecule has 172 valence electrons. The van der Waals surface area contributed by atoms with Crippen LogP contribution in [-0.2, 0) is 28.7 Å². The number of hydrogen-bond donors (Lipinski definition) is 1. The van der Waals surface area contributed by atoms with Crippen molar-refractivity contribution in [2.24, 2.45) is 17.3 Å². The fraction of sp³-hybridized carbons (Fsp3) is 0.739. The van der Waals surface area contributed by atoms with Gasteiger partial charge in [0.25, 0.3) is 0 Å². The Balaban J connectivity index is 1.49. The summed E-state index contributed by atoms with van der Waals surface area (Å²) < 4.78 is 44.9. The van der Waals surface area contributed by atoms with Gasteiger partial charge in [0, 0.05) is 43.5 Å². The Hall–Kier alpha value is -1.67. The van der Waals surface area contributed by atoms with E-state index in [4.69, 9.17) is 4.74 Å². The maximum Gasteiger partial charge on any atom is 0.417 e. The van der Waals surface area contributed by atoms with Crippen LogP contribution in [0.2, 0.25) is 0 Å². The van der Waals surface area contributed by atoms with Crippen LogP contribution >= 0.6 is 0 Å². The van der Waals surface area contributed by atoms with Crippen LogP contribution in [0.5, 0.6) is 0 Å². The molecule has 8 heteroatoms. The summed E-state index contributed by atoms with van der Waals surface area (Å²) in [6, 6.07) is 1.73. The maximum absolute atomic E-state index is 13.7. The molecule has 1 aromatic heterocycles. The summed E-state index contributed by atoms with van der Waals surface area (Å²) in [4.78, 5) is 19.5. The van der Waals surface area contributed by atoms with Crippen LogP contribution in [0.4, 0.5) is 13.2 Å². The van der Waals surface area contributed by atoms with Crippen LogP contribution in [0.3, 0.4) is 0 Å². The first-order valence-electron chi connectivity index (χ1n) is 11.3. The number of rotatable bonds is 4.